The number of nitrogens with zero attached hydrogens (tertiary/aromatic N) is 4. The number of sulfonamides is 1. The molecule has 0 unspecified atom stereocenters. The van der Waals surface area contributed by atoms with Crippen LogP contribution < -0.4 is 10.0 Å². The van der Waals surface area contributed by atoms with E-state index < -0.39 is 28.5 Å². The second-order valence-corrected chi connectivity index (χ2v) is 8.56. The highest BCUT2D eigenvalue weighted by atomic mass is 32.2. The monoisotopic (exact) mass is 441 g/mol. The zero-order valence-corrected chi connectivity index (χ0v) is 17.2. The minimum absolute atomic E-state index is 0.00310. The van der Waals surface area contributed by atoms with Crippen LogP contribution in [0.1, 0.15) is 21.6 Å². The van der Waals surface area contributed by atoms with Gasteiger partial charge in [0.25, 0.3) is 5.91 Å². The Balaban J connectivity index is 1.36. The summed E-state index contributed by atoms with van der Waals surface area (Å²) in [6.45, 7) is 0.332. The first kappa shape index (κ1) is 20.7. The lowest BCUT2D eigenvalue weighted by Crippen LogP contribution is -2.33. The lowest BCUT2D eigenvalue weighted by Gasteiger charge is -2.17. The average molecular weight is 441 g/mol. The highest BCUT2D eigenvalue weighted by molar-refractivity contribution is 7.89. The lowest BCUT2D eigenvalue weighted by atomic mass is 10.2. The van der Waals surface area contributed by atoms with Crippen LogP contribution in [0.25, 0.3) is 0 Å². The fraction of sp³-hybridized carbons (Fsp3) is 0.200. The van der Waals surface area contributed by atoms with E-state index in [1.54, 1.807) is 0 Å². The number of carbonyl (C=O) groups is 2. The minimum Gasteiger partial charge on any atom is -0.451 e. The van der Waals surface area contributed by atoms with Crippen LogP contribution in [0.2, 0.25) is 0 Å². The highest BCUT2D eigenvalue weighted by Crippen LogP contribution is 2.30. The molecule has 0 bridgehead atoms. The predicted octanol–water partition coefficient (Wildman–Crippen LogP) is 0.720. The number of esters is 1. The fourth-order valence-electron chi connectivity index (χ4n) is 3.33. The van der Waals surface area contributed by atoms with Gasteiger partial charge in [-0.25, -0.2) is 23.0 Å². The first-order valence-corrected chi connectivity index (χ1v) is 10.9. The van der Waals surface area contributed by atoms with E-state index in [1.165, 1.54) is 34.0 Å². The summed E-state index contributed by atoms with van der Waals surface area (Å²) in [7, 11) is -3.82. The molecule has 0 radical (unpaired) electrons. The molecule has 0 fully saturated rings. The van der Waals surface area contributed by atoms with Gasteiger partial charge in [0.15, 0.2) is 12.3 Å². The van der Waals surface area contributed by atoms with Crippen molar-refractivity contribution in [3.8, 4) is 0 Å². The molecule has 2 N–H and O–H groups in total. The third-order valence-electron chi connectivity index (χ3n) is 4.84. The molecule has 2 heterocycles. The summed E-state index contributed by atoms with van der Waals surface area (Å²) in [5, 5.41) is 12.9. The van der Waals surface area contributed by atoms with Gasteiger partial charge in [-0.2, -0.15) is 0 Å². The number of carbonyl (C=O) groups excluding carboxylic acids is 2. The SMILES string of the molecule is NS(=O)(=O)c1ccc2c(c1)CCN2C(=O)COC(=O)c1cn(Cc2ccccc2)nn1. The molecule has 1 amide bonds. The van der Waals surface area contributed by atoms with E-state index in [0.717, 1.165) is 5.56 Å². The molecule has 0 spiro atoms. The van der Waals surface area contributed by atoms with Crippen molar-refractivity contribution in [1.82, 2.24) is 15.0 Å². The molecule has 0 atom stereocenters. The molecule has 4 rings (SSSR count). The number of aromatic nitrogens is 3. The first-order chi connectivity index (χ1) is 14.8. The van der Waals surface area contributed by atoms with Gasteiger partial charge in [0, 0.05) is 12.2 Å². The molecular weight excluding hydrogens is 422 g/mol. The van der Waals surface area contributed by atoms with Gasteiger partial charge < -0.3 is 9.64 Å². The molecule has 0 aliphatic carbocycles. The molecule has 10 nitrogen and oxygen atoms in total. The zero-order valence-electron chi connectivity index (χ0n) is 16.3. The highest BCUT2D eigenvalue weighted by Gasteiger charge is 2.27. The number of nitrogens with two attached hydrogens (primary N) is 1. The maximum atomic E-state index is 12.5. The van der Waals surface area contributed by atoms with E-state index >= 15 is 0 Å². The topological polar surface area (TPSA) is 137 Å². The van der Waals surface area contributed by atoms with Gasteiger partial charge in [0.2, 0.25) is 10.0 Å². The van der Waals surface area contributed by atoms with Crippen LogP contribution in [-0.2, 0) is 32.5 Å². The van der Waals surface area contributed by atoms with Gasteiger partial charge in [-0.3, -0.25) is 4.79 Å². The van der Waals surface area contributed by atoms with Crippen LogP contribution in [0.15, 0.2) is 59.6 Å². The van der Waals surface area contributed by atoms with Gasteiger partial charge in [-0.05, 0) is 35.7 Å². The molecular formula is C20H19N5O5S. The summed E-state index contributed by atoms with van der Waals surface area (Å²) in [5.41, 5.74) is 2.27. The van der Waals surface area contributed by atoms with Crippen LogP contribution in [0, 0.1) is 0 Å². The summed E-state index contributed by atoms with van der Waals surface area (Å²) < 4.78 is 29.6. The van der Waals surface area contributed by atoms with Crippen LogP contribution in [0.3, 0.4) is 0 Å². The number of primary sulfonamides is 1. The molecule has 0 saturated carbocycles. The van der Waals surface area contributed by atoms with E-state index in [9.17, 15) is 18.0 Å². The minimum atomic E-state index is -3.82. The number of benzene rings is 2. The zero-order chi connectivity index (χ0) is 22.0. The van der Waals surface area contributed by atoms with Crippen molar-refractivity contribution in [3.05, 3.63) is 71.5 Å². The van der Waals surface area contributed by atoms with Gasteiger partial charge in [0.05, 0.1) is 17.6 Å². The maximum absolute atomic E-state index is 12.5. The molecule has 1 aromatic heterocycles. The van der Waals surface area contributed by atoms with Crippen LogP contribution >= 0.6 is 0 Å². The van der Waals surface area contributed by atoms with Crippen molar-refractivity contribution >= 4 is 27.6 Å². The lowest BCUT2D eigenvalue weighted by molar-refractivity contribution is -0.121. The third kappa shape index (κ3) is 4.62. The Kier molecular flexibility index (Phi) is 5.53. The average Bonchev–Trinajstić information content (AvgIpc) is 3.38. The normalized spacial score (nSPS) is 13.1. The molecule has 2 aromatic carbocycles. The van der Waals surface area contributed by atoms with Crippen molar-refractivity contribution in [2.45, 2.75) is 17.9 Å². The summed E-state index contributed by atoms with van der Waals surface area (Å²) in [5.74, 6) is -1.18. The second kappa shape index (κ2) is 8.28. The Labute approximate surface area is 178 Å². The summed E-state index contributed by atoms with van der Waals surface area (Å²) in [6, 6.07) is 13.9. The van der Waals surface area contributed by atoms with Crippen LogP contribution in [0.4, 0.5) is 5.69 Å². The number of hydrogen-bond donors (Lipinski definition) is 1. The quantitative estimate of drug-likeness (QED) is 0.556. The molecule has 1 aliphatic heterocycles. The number of amides is 1. The van der Waals surface area contributed by atoms with Gasteiger partial charge >= 0.3 is 5.97 Å². The van der Waals surface area contributed by atoms with Crippen molar-refractivity contribution < 1.29 is 22.7 Å². The molecule has 0 saturated heterocycles. The molecule has 3 aromatic rings. The Morgan fingerprint density at radius 1 is 1.13 bits per heavy atom. The van der Waals surface area contributed by atoms with Gasteiger partial charge in [0.1, 0.15) is 0 Å². The predicted molar refractivity (Wildman–Crippen MR) is 110 cm³/mol. The Morgan fingerprint density at radius 2 is 1.90 bits per heavy atom. The number of hydrogen-bond acceptors (Lipinski definition) is 7. The van der Waals surface area contributed by atoms with E-state index in [2.05, 4.69) is 10.3 Å². The molecule has 1 aliphatic rings. The van der Waals surface area contributed by atoms with Crippen LogP contribution in [-0.4, -0.2) is 48.4 Å². The van der Waals surface area contributed by atoms with Crippen LogP contribution in [0.5, 0.6) is 0 Å². The Bertz CT molecular complexity index is 1240. The van der Waals surface area contributed by atoms with E-state index in [0.29, 0.717) is 30.8 Å². The number of ether oxygens (including phenoxy) is 1. The van der Waals surface area contributed by atoms with E-state index in [4.69, 9.17) is 9.88 Å². The Morgan fingerprint density at radius 3 is 2.65 bits per heavy atom. The third-order valence-corrected chi connectivity index (χ3v) is 5.75. The largest absolute Gasteiger partial charge is 0.451 e. The summed E-state index contributed by atoms with van der Waals surface area (Å²) >= 11 is 0. The second-order valence-electron chi connectivity index (χ2n) is 6.99. The fourth-order valence-corrected chi connectivity index (χ4v) is 3.90. The number of rotatable bonds is 6. The first-order valence-electron chi connectivity index (χ1n) is 9.38. The van der Waals surface area contributed by atoms with Crippen molar-refractivity contribution in [1.29, 1.82) is 0 Å². The van der Waals surface area contributed by atoms with Gasteiger partial charge in [-0.1, -0.05) is 35.5 Å². The maximum Gasteiger partial charge on any atom is 0.361 e. The standard InChI is InChI=1S/C20H19N5O5S/c21-31(28,29)16-6-7-18-15(10-16)8-9-25(18)19(26)13-30-20(27)17-12-24(23-22-17)11-14-4-2-1-3-5-14/h1-7,10,12H,8-9,11,13H2,(H2,21,28,29). The van der Waals surface area contributed by atoms with Crippen molar-refractivity contribution in [2.24, 2.45) is 5.14 Å². The number of anilines is 1. The molecule has 11 heteroatoms. The number of fused-ring (bicyclic) bond motifs is 1. The Hall–Kier alpha value is -3.57. The summed E-state index contributed by atoms with van der Waals surface area (Å²) in [4.78, 5) is 26.2. The van der Waals surface area contributed by atoms with E-state index in [-0.39, 0.29) is 10.6 Å². The van der Waals surface area contributed by atoms with Gasteiger partial charge in [-0.15, -0.1) is 5.10 Å². The van der Waals surface area contributed by atoms with Crippen molar-refractivity contribution in [2.75, 3.05) is 18.1 Å². The molecule has 160 valence electrons. The smallest absolute Gasteiger partial charge is 0.361 e. The summed E-state index contributed by atoms with van der Waals surface area (Å²) in [6.07, 6.45) is 1.94. The van der Waals surface area contributed by atoms with Crippen molar-refractivity contribution in [3.63, 3.8) is 0 Å². The van der Waals surface area contributed by atoms with E-state index in [1.807, 2.05) is 30.3 Å². The molecule has 31 heavy (non-hydrogen) atoms.